The van der Waals surface area contributed by atoms with Crippen LogP contribution in [0.3, 0.4) is 0 Å². The molecule has 2 aromatic rings. The fourth-order valence-electron chi connectivity index (χ4n) is 1.98. The van der Waals surface area contributed by atoms with Crippen LogP contribution in [0.1, 0.15) is 24.2 Å². The molecular weight excluding hydrogens is 314 g/mol. The monoisotopic (exact) mass is 337 g/mol. The number of rotatable bonds is 8. The number of carbonyl (C=O) groups excluding carboxylic acids is 1. The van der Waals surface area contributed by atoms with Gasteiger partial charge in [-0.2, -0.15) is 0 Å². The number of amides is 1. The standard InChI is InChI=1S/C21H23NO3/c1-15(2)13-24-19-10-8-17(9-11-19)21(23)22-18-6-5-7-20(12-18)25-14-16(3)4/h5-12H,1,3,13-14H2,2,4H3,(H,22,23). The van der Waals surface area contributed by atoms with Crippen molar-refractivity contribution in [1.29, 1.82) is 0 Å². The summed E-state index contributed by atoms with van der Waals surface area (Å²) in [6.45, 7) is 12.3. The minimum Gasteiger partial charge on any atom is -0.489 e. The van der Waals surface area contributed by atoms with Crippen LogP contribution in [0.15, 0.2) is 72.8 Å². The molecule has 0 fully saturated rings. The van der Waals surface area contributed by atoms with Crippen molar-refractivity contribution in [2.75, 3.05) is 18.5 Å². The Hall–Kier alpha value is -3.01. The molecule has 0 aliphatic rings. The molecule has 0 unspecified atom stereocenters. The predicted octanol–water partition coefficient (Wildman–Crippen LogP) is 4.85. The molecule has 0 radical (unpaired) electrons. The first-order chi connectivity index (χ1) is 11.9. The number of benzene rings is 2. The highest BCUT2D eigenvalue weighted by Crippen LogP contribution is 2.19. The molecule has 0 aliphatic heterocycles. The van der Waals surface area contributed by atoms with E-state index in [2.05, 4.69) is 18.5 Å². The zero-order valence-electron chi connectivity index (χ0n) is 14.7. The van der Waals surface area contributed by atoms with E-state index in [1.54, 1.807) is 30.3 Å². The van der Waals surface area contributed by atoms with Crippen molar-refractivity contribution < 1.29 is 14.3 Å². The molecule has 2 rings (SSSR count). The summed E-state index contributed by atoms with van der Waals surface area (Å²) < 4.78 is 11.1. The highest BCUT2D eigenvalue weighted by atomic mass is 16.5. The molecule has 4 nitrogen and oxygen atoms in total. The molecule has 0 atom stereocenters. The van der Waals surface area contributed by atoms with Crippen molar-refractivity contribution >= 4 is 11.6 Å². The number of ether oxygens (including phenoxy) is 2. The van der Waals surface area contributed by atoms with Gasteiger partial charge >= 0.3 is 0 Å². The average Bonchev–Trinajstić information content (AvgIpc) is 2.59. The summed E-state index contributed by atoms with van der Waals surface area (Å²) in [6, 6.07) is 14.3. The number of nitrogens with one attached hydrogen (secondary N) is 1. The Bertz CT molecular complexity index is 763. The lowest BCUT2D eigenvalue weighted by molar-refractivity contribution is 0.102. The lowest BCUT2D eigenvalue weighted by Gasteiger charge is -2.10. The molecule has 130 valence electrons. The van der Waals surface area contributed by atoms with Crippen LogP contribution in [0.2, 0.25) is 0 Å². The number of hydrogen-bond donors (Lipinski definition) is 1. The summed E-state index contributed by atoms with van der Waals surface area (Å²) in [7, 11) is 0. The third-order valence-electron chi connectivity index (χ3n) is 3.18. The number of anilines is 1. The zero-order chi connectivity index (χ0) is 18.2. The Balaban J connectivity index is 1.98. The van der Waals surface area contributed by atoms with Crippen LogP contribution in [-0.2, 0) is 0 Å². The SMILES string of the molecule is C=C(C)COc1ccc(C(=O)Nc2cccc(OCC(=C)C)c2)cc1. The second-order valence-electron chi connectivity index (χ2n) is 6.00. The molecule has 0 saturated carbocycles. The summed E-state index contributed by atoms with van der Waals surface area (Å²) >= 11 is 0. The van der Waals surface area contributed by atoms with Gasteiger partial charge in [-0.05, 0) is 61.4 Å². The van der Waals surface area contributed by atoms with Crippen LogP contribution in [0.4, 0.5) is 5.69 Å². The third kappa shape index (κ3) is 6.18. The maximum absolute atomic E-state index is 12.3. The topological polar surface area (TPSA) is 47.6 Å². The van der Waals surface area contributed by atoms with Crippen LogP contribution in [-0.4, -0.2) is 19.1 Å². The van der Waals surface area contributed by atoms with Crippen LogP contribution < -0.4 is 14.8 Å². The summed E-state index contributed by atoms with van der Waals surface area (Å²) in [4.78, 5) is 12.3. The maximum Gasteiger partial charge on any atom is 0.255 e. The second-order valence-corrected chi connectivity index (χ2v) is 6.00. The van der Waals surface area contributed by atoms with Gasteiger partial charge in [0.1, 0.15) is 24.7 Å². The lowest BCUT2D eigenvalue weighted by Crippen LogP contribution is -2.12. The Kier molecular flexibility index (Phi) is 6.40. The van der Waals surface area contributed by atoms with Gasteiger partial charge < -0.3 is 14.8 Å². The minimum atomic E-state index is -0.191. The average molecular weight is 337 g/mol. The van der Waals surface area contributed by atoms with Gasteiger partial charge in [-0.3, -0.25) is 4.79 Å². The molecule has 0 aliphatic carbocycles. The number of carbonyl (C=O) groups is 1. The molecule has 4 heteroatoms. The van der Waals surface area contributed by atoms with Crippen molar-refractivity contribution in [3.05, 3.63) is 78.4 Å². The van der Waals surface area contributed by atoms with E-state index >= 15 is 0 Å². The Morgan fingerprint density at radius 1 is 0.920 bits per heavy atom. The Morgan fingerprint density at radius 2 is 1.52 bits per heavy atom. The molecular formula is C21H23NO3. The van der Waals surface area contributed by atoms with Crippen LogP contribution in [0, 0.1) is 0 Å². The quantitative estimate of drug-likeness (QED) is 0.701. The van der Waals surface area contributed by atoms with Crippen molar-refractivity contribution in [3.8, 4) is 11.5 Å². The molecule has 0 heterocycles. The Labute approximate surface area is 148 Å². The van der Waals surface area contributed by atoms with E-state index in [1.165, 1.54) is 0 Å². The molecule has 0 bridgehead atoms. The molecule has 0 aromatic heterocycles. The third-order valence-corrected chi connectivity index (χ3v) is 3.18. The summed E-state index contributed by atoms with van der Waals surface area (Å²) in [6.07, 6.45) is 0. The molecule has 2 aromatic carbocycles. The van der Waals surface area contributed by atoms with E-state index in [-0.39, 0.29) is 5.91 Å². The van der Waals surface area contributed by atoms with E-state index in [9.17, 15) is 4.79 Å². The Morgan fingerprint density at radius 3 is 2.12 bits per heavy atom. The van der Waals surface area contributed by atoms with Crippen LogP contribution >= 0.6 is 0 Å². The summed E-state index contributed by atoms with van der Waals surface area (Å²) in [5, 5.41) is 2.86. The molecule has 0 saturated heterocycles. The molecule has 1 amide bonds. The fourth-order valence-corrected chi connectivity index (χ4v) is 1.98. The van der Waals surface area contributed by atoms with Crippen LogP contribution in [0.5, 0.6) is 11.5 Å². The molecule has 0 spiro atoms. The van der Waals surface area contributed by atoms with Crippen LogP contribution in [0.25, 0.3) is 0 Å². The van der Waals surface area contributed by atoms with Gasteiger partial charge in [0.15, 0.2) is 0 Å². The van der Waals surface area contributed by atoms with E-state index < -0.39 is 0 Å². The largest absolute Gasteiger partial charge is 0.489 e. The fraction of sp³-hybridized carbons (Fsp3) is 0.190. The highest BCUT2D eigenvalue weighted by Gasteiger charge is 2.07. The summed E-state index contributed by atoms with van der Waals surface area (Å²) in [5.41, 5.74) is 3.10. The first kappa shape index (κ1) is 18.3. The molecule has 25 heavy (non-hydrogen) atoms. The van der Waals surface area contributed by atoms with Gasteiger partial charge in [-0.15, -0.1) is 0 Å². The van der Waals surface area contributed by atoms with E-state index in [4.69, 9.17) is 9.47 Å². The van der Waals surface area contributed by atoms with Crippen molar-refractivity contribution in [2.24, 2.45) is 0 Å². The smallest absolute Gasteiger partial charge is 0.255 e. The van der Waals surface area contributed by atoms with Crippen molar-refractivity contribution in [1.82, 2.24) is 0 Å². The van der Waals surface area contributed by atoms with E-state index in [1.807, 2.05) is 32.0 Å². The zero-order valence-corrected chi connectivity index (χ0v) is 14.7. The van der Waals surface area contributed by atoms with E-state index in [0.29, 0.717) is 36.0 Å². The van der Waals surface area contributed by atoms with Crippen molar-refractivity contribution in [2.45, 2.75) is 13.8 Å². The normalized spacial score (nSPS) is 10.0. The second kappa shape index (κ2) is 8.73. The van der Waals surface area contributed by atoms with Gasteiger partial charge in [0.25, 0.3) is 5.91 Å². The van der Waals surface area contributed by atoms with Gasteiger partial charge in [-0.25, -0.2) is 0 Å². The summed E-state index contributed by atoms with van der Waals surface area (Å²) in [5.74, 6) is 1.20. The van der Waals surface area contributed by atoms with Gasteiger partial charge in [0.05, 0.1) is 0 Å². The predicted molar refractivity (Wildman–Crippen MR) is 101 cm³/mol. The molecule has 1 N–H and O–H groups in total. The first-order valence-corrected chi connectivity index (χ1v) is 8.00. The first-order valence-electron chi connectivity index (χ1n) is 8.00. The van der Waals surface area contributed by atoms with Gasteiger partial charge in [0.2, 0.25) is 0 Å². The highest BCUT2D eigenvalue weighted by molar-refractivity contribution is 6.04. The van der Waals surface area contributed by atoms with E-state index in [0.717, 1.165) is 11.1 Å². The number of hydrogen-bond acceptors (Lipinski definition) is 3. The minimum absolute atomic E-state index is 0.191. The maximum atomic E-state index is 12.3. The lowest BCUT2D eigenvalue weighted by atomic mass is 10.2. The van der Waals surface area contributed by atoms with Gasteiger partial charge in [0, 0.05) is 17.3 Å². The van der Waals surface area contributed by atoms with Crippen molar-refractivity contribution in [3.63, 3.8) is 0 Å². The van der Waals surface area contributed by atoms with Gasteiger partial charge in [-0.1, -0.05) is 19.2 Å².